The van der Waals surface area contributed by atoms with E-state index in [9.17, 15) is 19.5 Å². The van der Waals surface area contributed by atoms with Crippen LogP contribution in [0.4, 0.5) is 5.69 Å². The first-order valence-corrected chi connectivity index (χ1v) is 9.84. The Bertz CT molecular complexity index is 1050. The number of Topliss-reactive ketones (excluding diaryl/α,β-unsaturated/α-hetero) is 1. The number of hydrogen-bond donors (Lipinski definition) is 1. The average molecular weight is 437 g/mol. The number of aliphatic hydroxyl groups is 1. The van der Waals surface area contributed by atoms with Crippen LogP contribution in [-0.4, -0.2) is 36.0 Å². The van der Waals surface area contributed by atoms with Crippen LogP contribution in [-0.2, 0) is 14.3 Å². The molecule has 166 valence electrons. The fourth-order valence-corrected chi connectivity index (χ4v) is 2.86. The summed E-state index contributed by atoms with van der Waals surface area (Å²) in [5.74, 6) is -1.36. The predicted molar refractivity (Wildman–Crippen MR) is 117 cm³/mol. The minimum atomic E-state index is -0.511. The molecule has 0 heterocycles. The molecular weight excluding hydrogens is 414 g/mol. The van der Waals surface area contributed by atoms with Crippen LogP contribution < -0.4 is 0 Å². The van der Waals surface area contributed by atoms with Gasteiger partial charge in [-0.15, -0.1) is 0 Å². The Kier molecular flexibility index (Phi) is 9.01. The monoisotopic (exact) mass is 437 g/mol. The minimum Gasteiger partial charge on any atom is -0.512 e. The third-order valence-electron chi connectivity index (χ3n) is 4.39. The number of unbranched alkanes of at least 4 members (excludes halogenated alkanes) is 1. The molecule has 0 spiro atoms. The largest absolute Gasteiger partial charge is 0.512 e. The van der Waals surface area contributed by atoms with Crippen molar-refractivity contribution in [2.75, 3.05) is 13.2 Å². The van der Waals surface area contributed by atoms with E-state index in [1.54, 1.807) is 12.1 Å². The summed E-state index contributed by atoms with van der Waals surface area (Å²) >= 11 is 0. The van der Waals surface area contributed by atoms with Crippen molar-refractivity contribution in [2.24, 2.45) is 5.11 Å². The van der Waals surface area contributed by atoms with Gasteiger partial charge < -0.3 is 14.6 Å². The predicted octanol–water partition coefficient (Wildman–Crippen LogP) is 5.30. The van der Waals surface area contributed by atoms with Crippen LogP contribution in [0.3, 0.4) is 0 Å². The zero-order valence-electron chi connectivity index (χ0n) is 17.8. The standard InChI is InChI=1S/C23H23N3O6/c1-15(27)21(16(2)28)17-5-7-18(8-6-17)22(29)31-13-3-4-14-32-23(30)19-9-11-20(12-10-19)25-26-24/h5-12,27H,3-4,13-14H2,1-2H3/b21-15+. The van der Waals surface area contributed by atoms with Gasteiger partial charge in [0.2, 0.25) is 0 Å². The van der Waals surface area contributed by atoms with Gasteiger partial charge in [0.15, 0.2) is 5.78 Å². The van der Waals surface area contributed by atoms with Crippen molar-refractivity contribution < 1.29 is 29.0 Å². The number of aliphatic hydroxyl groups excluding tert-OH is 1. The normalized spacial score (nSPS) is 11.1. The quantitative estimate of drug-likeness (QED) is 0.102. The van der Waals surface area contributed by atoms with E-state index in [1.807, 2.05) is 0 Å². The van der Waals surface area contributed by atoms with E-state index in [0.29, 0.717) is 35.2 Å². The summed E-state index contributed by atoms with van der Waals surface area (Å²) in [6.45, 7) is 3.12. The maximum absolute atomic E-state index is 12.1. The fraction of sp³-hybridized carbons (Fsp3) is 0.261. The second kappa shape index (κ2) is 11.9. The molecule has 0 atom stereocenters. The number of esters is 2. The smallest absolute Gasteiger partial charge is 0.338 e. The summed E-state index contributed by atoms with van der Waals surface area (Å²) in [6, 6.07) is 12.3. The number of rotatable bonds is 10. The molecule has 0 radical (unpaired) electrons. The third-order valence-corrected chi connectivity index (χ3v) is 4.39. The van der Waals surface area contributed by atoms with Gasteiger partial charge in [0.1, 0.15) is 5.76 Å². The molecule has 2 aromatic carbocycles. The van der Waals surface area contributed by atoms with Crippen molar-refractivity contribution in [3.63, 3.8) is 0 Å². The summed E-state index contributed by atoms with van der Waals surface area (Å²) in [6.07, 6.45) is 1.02. The van der Waals surface area contributed by atoms with Crippen LogP contribution in [0.1, 0.15) is 53.0 Å². The summed E-state index contributed by atoms with van der Waals surface area (Å²) in [7, 11) is 0. The zero-order chi connectivity index (χ0) is 23.5. The lowest BCUT2D eigenvalue weighted by molar-refractivity contribution is -0.111. The van der Waals surface area contributed by atoms with Crippen LogP contribution in [0.25, 0.3) is 16.0 Å². The summed E-state index contributed by atoms with van der Waals surface area (Å²) in [5.41, 5.74) is 10.2. The van der Waals surface area contributed by atoms with Crippen LogP contribution in [0.5, 0.6) is 0 Å². The molecule has 0 saturated heterocycles. The van der Waals surface area contributed by atoms with E-state index in [4.69, 9.17) is 15.0 Å². The van der Waals surface area contributed by atoms with Crippen molar-refractivity contribution in [1.29, 1.82) is 0 Å². The SMILES string of the molecule is CC(=O)/C(=C(/C)O)c1ccc(C(=O)OCCCCOC(=O)c2ccc(N=[N+]=[N-])cc2)cc1. The number of ether oxygens (including phenoxy) is 2. The molecular formula is C23H23N3O6. The second-order valence-corrected chi connectivity index (χ2v) is 6.81. The average Bonchev–Trinajstić information content (AvgIpc) is 2.76. The van der Waals surface area contributed by atoms with Gasteiger partial charge in [0.25, 0.3) is 0 Å². The molecule has 2 aromatic rings. The van der Waals surface area contributed by atoms with Crippen LogP contribution in [0, 0.1) is 0 Å². The molecule has 0 aliphatic heterocycles. The Morgan fingerprint density at radius 3 is 1.69 bits per heavy atom. The number of azide groups is 1. The maximum Gasteiger partial charge on any atom is 0.338 e. The maximum atomic E-state index is 12.1. The molecule has 0 aliphatic carbocycles. The second-order valence-electron chi connectivity index (χ2n) is 6.81. The van der Waals surface area contributed by atoms with E-state index < -0.39 is 11.9 Å². The number of ketones is 1. The Labute approximate surface area is 184 Å². The summed E-state index contributed by atoms with van der Waals surface area (Å²) < 4.78 is 10.4. The number of carbonyl (C=O) groups excluding carboxylic acids is 3. The van der Waals surface area contributed by atoms with Gasteiger partial charge in [-0.3, -0.25) is 4.79 Å². The van der Waals surface area contributed by atoms with E-state index in [0.717, 1.165) is 0 Å². The van der Waals surface area contributed by atoms with Crippen molar-refractivity contribution in [3.05, 3.63) is 81.4 Å². The molecule has 0 saturated carbocycles. The number of nitrogens with zero attached hydrogens (tertiary/aromatic N) is 3. The molecule has 0 aromatic heterocycles. The lowest BCUT2D eigenvalue weighted by Gasteiger charge is -2.08. The van der Waals surface area contributed by atoms with Gasteiger partial charge in [0, 0.05) is 10.6 Å². The van der Waals surface area contributed by atoms with Crippen molar-refractivity contribution >= 4 is 29.0 Å². The highest BCUT2D eigenvalue weighted by Gasteiger charge is 2.13. The van der Waals surface area contributed by atoms with Crippen LogP contribution in [0.2, 0.25) is 0 Å². The third kappa shape index (κ3) is 7.00. The van der Waals surface area contributed by atoms with E-state index in [-0.39, 0.29) is 30.3 Å². The number of hydrogen-bond acceptors (Lipinski definition) is 7. The lowest BCUT2D eigenvalue weighted by Crippen LogP contribution is -2.09. The lowest BCUT2D eigenvalue weighted by atomic mass is 10.00. The molecule has 0 unspecified atom stereocenters. The first kappa shape index (κ1) is 24.2. The number of carbonyl (C=O) groups is 3. The molecule has 1 N–H and O–H groups in total. The first-order valence-electron chi connectivity index (χ1n) is 9.84. The molecule has 32 heavy (non-hydrogen) atoms. The topological polar surface area (TPSA) is 139 Å². The Morgan fingerprint density at radius 2 is 1.28 bits per heavy atom. The van der Waals surface area contributed by atoms with E-state index in [2.05, 4.69) is 10.0 Å². The molecule has 0 fully saturated rings. The van der Waals surface area contributed by atoms with E-state index >= 15 is 0 Å². The van der Waals surface area contributed by atoms with Gasteiger partial charge in [0.05, 0.1) is 29.9 Å². The van der Waals surface area contributed by atoms with Crippen LogP contribution in [0.15, 0.2) is 59.4 Å². The van der Waals surface area contributed by atoms with Crippen LogP contribution >= 0.6 is 0 Å². The minimum absolute atomic E-state index is 0.0845. The summed E-state index contributed by atoms with van der Waals surface area (Å²) in [4.78, 5) is 38.4. The van der Waals surface area contributed by atoms with Crippen molar-refractivity contribution in [2.45, 2.75) is 26.7 Å². The molecule has 9 nitrogen and oxygen atoms in total. The summed E-state index contributed by atoms with van der Waals surface area (Å²) in [5, 5.41) is 13.1. The van der Waals surface area contributed by atoms with Gasteiger partial charge in [-0.25, -0.2) is 9.59 Å². The highest BCUT2D eigenvalue weighted by atomic mass is 16.5. The van der Waals surface area contributed by atoms with Gasteiger partial charge in [-0.1, -0.05) is 29.4 Å². The molecule has 0 aliphatic rings. The molecule has 2 rings (SSSR count). The Morgan fingerprint density at radius 1 is 0.844 bits per heavy atom. The zero-order valence-corrected chi connectivity index (χ0v) is 17.8. The number of benzene rings is 2. The van der Waals surface area contributed by atoms with Gasteiger partial charge in [-0.05, 0) is 62.0 Å². The van der Waals surface area contributed by atoms with Gasteiger partial charge >= 0.3 is 11.9 Å². The Balaban J connectivity index is 1.73. The molecule has 9 heteroatoms. The highest BCUT2D eigenvalue weighted by Crippen LogP contribution is 2.20. The molecule has 0 bridgehead atoms. The van der Waals surface area contributed by atoms with E-state index in [1.165, 1.54) is 50.2 Å². The van der Waals surface area contributed by atoms with Gasteiger partial charge in [-0.2, -0.15) is 0 Å². The first-order chi connectivity index (χ1) is 15.3. The van der Waals surface area contributed by atoms with Crippen molar-refractivity contribution in [1.82, 2.24) is 0 Å². The number of allylic oxidation sites excluding steroid dienone is 2. The van der Waals surface area contributed by atoms with Crippen molar-refractivity contribution in [3.8, 4) is 0 Å². The molecule has 0 amide bonds. The highest BCUT2D eigenvalue weighted by molar-refractivity contribution is 6.20. The fourth-order valence-electron chi connectivity index (χ4n) is 2.86. The Hall–Kier alpha value is -4.10.